The van der Waals surface area contributed by atoms with Crippen molar-refractivity contribution in [3.05, 3.63) is 39.6 Å². The van der Waals surface area contributed by atoms with Gasteiger partial charge >= 0.3 is 0 Å². The lowest BCUT2D eigenvalue weighted by molar-refractivity contribution is 0.102. The van der Waals surface area contributed by atoms with E-state index in [1.54, 1.807) is 18.2 Å². The van der Waals surface area contributed by atoms with Gasteiger partial charge in [-0.15, -0.1) is 0 Å². The second kappa shape index (κ2) is 6.22. The summed E-state index contributed by atoms with van der Waals surface area (Å²) >= 11 is 29.6. The second-order valence-electron chi connectivity index (χ2n) is 3.47. The van der Waals surface area contributed by atoms with Crippen molar-refractivity contribution in [3.8, 4) is 0 Å². The molecule has 0 aliphatic heterocycles. The van der Waals surface area contributed by atoms with Gasteiger partial charge in [0.15, 0.2) is 5.82 Å². The Balaban J connectivity index is 2.22. The highest BCUT2D eigenvalue weighted by atomic mass is 35.6. The molecule has 0 aliphatic carbocycles. The molecule has 2 aromatic rings. The van der Waals surface area contributed by atoms with Crippen LogP contribution in [-0.2, 0) is 3.79 Å². The number of carbonyl (C=O) groups excluding carboxylic acids is 1. The van der Waals surface area contributed by atoms with Crippen LogP contribution in [0.15, 0.2) is 18.2 Å². The molecule has 106 valence electrons. The van der Waals surface area contributed by atoms with Gasteiger partial charge in [0, 0.05) is 11.5 Å². The molecule has 0 unspecified atom stereocenters. The maximum absolute atomic E-state index is 12.1. The van der Waals surface area contributed by atoms with Gasteiger partial charge in [-0.05, 0) is 12.1 Å². The van der Waals surface area contributed by atoms with Crippen LogP contribution in [0.1, 0.15) is 16.2 Å². The molecule has 0 radical (unpaired) electrons. The lowest BCUT2D eigenvalue weighted by Crippen LogP contribution is -2.13. The number of carbonyl (C=O) groups is 1. The number of hydrogen-bond donors (Lipinski definition) is 1. The fourth-order valence-corrected chi connectivity index (χ4v) is 2.85. The fraction of sp³-hybridized carbons (Fsp3) is 0.100. The highest BCUT2D eigenvalue weighted by Crippen LogP contribution is 2.37. The van der Waals surface area contributed by atoms with E-state index in [0.717, 1.165) is 11.5 Å². The second-order valence-corrected chi connectivity index (χ2v) is 7.32. The Labute approximate surface area is 143 Å². The Bertz CT molecular complexity index is 634. The SMILES string of the molecule is O=C(Nc1nc(C(Cl)(Cl)Cl)ns1)c1c(Cl)cccc1Cl. The standard InChI is InChI=1S/C10H4Cl5N3OS/c11-4-2-1-3-5(12)6(4)7(19)16-9-17-8(18-20-9)10(13,14)15/h1-3H,(H,16,17,18,19). The Hall–Kier alpha value is -0.300. The van der Waals surface area contributed by atoms with E-state index in [-0.39, 0.29) is 26.6 Å². The molecule has 0 saturated carbocycles. The molecule has 1 amide bonds. The minimum Gasteiger partial charge on any atom is -0.296 e. The molecule has 10 heteroatoms. The van der Waals surface area contributed by atoms with E-state index >= 15 is 0 Å². The van der Waals surface area contributed by atoms with Crippen LogP contribution in [0.3, 0.4) is 0 Å². The molecule has 2 rings (SSSR count). The summed E-state index contributed by atoms with van der Waals surface area (Å²) in [7, 11) is 0. The van der Waals surface area contributed by atoms with Gasteiger partial charge in [0.1, 0.15) is 0 Å². The summed E-state index contributed by atoms with van der Waals surface area (Å²) in [5.74, 6) is -0.541. The van der Waals surface area contributed by atoms with Crippen molar-refractivity contribution in [3.63, 3.8) is 0 Å². The van der Waals surface area contributed by atoms with Crippen molar-refractivity contribution in [2.75, 3.05) is 5.32 Å². The van der Waals surface area contributed by atoms with E-state index in [4.69, 9.17) is 58.0 Å². The van der Waals surface area contributed by atoms with Gasteiger partial charge in [0.2, 0.25) is 5.13 Å². The van der Waals surface area contributed by atoms with Crippen molar-refractivity contribution in [2.24, 2.45) is 0 Å². The average Bonchev–Trinajstić information content (AvgIpc) is 2.76. The van der Waals surface area contributed by atoms with Gasteiger partial charge in [-0.2, -0.15) is 9.36 Å². The summed E-state index contributed by atoms with van der Waals surface area (Å²) in [5.41, 5.74) is 0.140. The van der Waals surface area contributed by atoms with Crippen LogP contribution in [-0.4, -0.2) is 15.3 Å². The van der Waals surface area contributed by atoms with Gasteiger partial charge < -0.3 is 0 Å². The Morgan fingerprint density at radius 2 is 1.80 bits per heavy atom. The summed E-state index contributed by atoms with van der Waals surface area (Å²) in [6.07, 6.45) is 0. The fourth-order valence-electron chi connectivity index (χ4n) is 1.26. The first-order valence-corrected chi connectivity index (χ1v) is 7.61. The third-order valence-corrected chi connectivity index (χ3v) is 3.86. The van der Waals surface area contributed by atoms with Crippen molar-refractivity contribution >= 4 is 80.6 Å². The lowest BCUT2D eigenvalue weighted by Gasteiger charge is -2.06. The number of hydrogen-bond acceptors (Lipinski definition) is 4. The summed E-state index contributed by atoms with van der Waals surface area (Å²) < 4.78 is 2.08. The molecule has 0 aliphatic rings. The first-order valence-electron chi connectivity index (χ1n) is 4.95. The number of amides is 1. The molecule has 1 aromatic heterocycles. The molecule has 0 atom stereocenters. The molecule has 20 heavy (non-hydrogen) atoms. The Morgan fingerprint density at radius 3 is 2.30 bits per heavy atom. The number of rotatable bonds is 2. The minimum absolute atomic E-state index is 0.0203. The molecular formula is C10H4Cl5N3OS. The van der Waals surface area contributed by atoms with E-state index in [9.17, 15) is 4.79 Å². The zero-order valence-electron chi connectivity index (χ0n) is 9.33. The summed E-state index contributed by atoms with van der Waals surface area (Å²) in [5, 5.41) is 3.11. The molecular weight excluding hydrogens is 387 g/mol. The van der Waals surface area contributed by atoms with E-state index in [1.165, 1.54) is 0 Å². The van der Waals surface area contributed by atoms with Gasteiger partial charge in [0.05, 0.1) is 15.6 Å². The van der Waals surface area contributed by atoms with Gasteiger partial charge in [0.25, 0.3) is 9.70 Å². The minimum atomic E-state index is -1.75. The zero-order chi connectivity index (χ0) is 14.9. The lowest BCUT2D eigenvalue weighted by atomic mass is 10.2. The monoisotopic (exact) mass is 389 g/mol. The molecule has 0 spiro atoms. The van der Waals surface area contributed by atoms with Crippen LogP contribution >= 0.6 is 69.5 Å². The van der Waals surface area contributed by atoms with Crippen molar-refractivity contribution in [2.45, 2.75) is 3.79 Å². The average molecular weight is 391 g/mol. The van der Waals surface area contributed by atoms with Crippen molar-refractivity contribution < 1.29 is 4.79 Å². The van der Waals surface area contributed by atoms with Crippen LogP contribution in [0.5, 0.6) is 0 Å². The quantitative estimate of drug-likeness (QED) is 0.739. The first-order chi connectivity index (χ1) is 9.29. The normalized spacial score (nSPS) is 11.4. The number of nitrogens with one attached hydrogen (secondary N) is 1. The summed E-state index contributed by atoms with van der Waals surface area (Å²) in [4.78, 5) is 16.0. The highest BCUT2D eigenvalue weighted by molar-refractivity contribution is 7.10. The number of anilines is 1. The van der Waals surface area contributed by atoms with E-state index in [0.29, 0.717) is 0 Å². The molecule has 4 nitrogen and oxygen atoms in total. The third-order valence-electron chi connectivity index (χ3n) is 2.09. The maximum atomic E-state index is 12.1. The van der Waals surface area contributed by atoms with Crippen molar-refractivity contribution in [1.82, 2.24) is 9.36 Å². The predicted octanol–water partition coefficient (Wildman–Crippen LogP) is 4.92. The topological polar surface area (TPSA) is 54.9 Å². The summed E-state index contributed by atoms with van der Waals surface area (Å²) in [6.45, 7) is 0. The molecule has 0 fully saturated rings. The molecule has 1 aromatic carbocycles. The first kappa shape index (κ1) is 16.1. The van der Waals surface area contributed by atoms with E-state index < -0.39 is 9.70 Å². The molecule has 1 heterocycles. The van der Waals surface area contributed by atoms with E-state index in [2.05, 4.69) is 14.7 Å². The number of nitrogens with zero attached hydrogens (tertiary/aromatic N) is 2. The smallest absolute Gasteiger partial charge is 0.260 e. The molecule has 0 bridgehead atoms. The number of benzene rings is 1. The van der Waals surface area contributed by atoms with Crippen LogP contribution in [0.25, 0.3) is 0 Å². The number of halogens is 5. The van der Waals surface area contributed by atoms with Crippen LogP contribution in [0, 0.1) is 0 Å². The molecule has 0 saturated heterocycles. The molecule has 1 N–H and O–H groups in total. The van der Waals surface area contributed by atoms with Crippen LogP contribution < -0.4 is 5.32 Å². The van der Waals surface area contributed by atoms with Gasteiger partial charge in [-0.25, -0.2) is 0 Å². The van der Waals surface area contributed by atoms with Crippen LogP contribution in [0.4, 0.5) is 5.13 Å². The van der Waals surface area contributed by atoms with Crippen molar-refractivity contribution in [1.29, 1.82) is 0 Å². The Morgan fingerprint density at radius 1 is 1.20 bits per heavy atom. The summed E-state index contributed by atoms with van der Waals surface area (Å²) in [6, 6.07) is 4.73. The highest BCUT2D eigenvalue weighted by Gasteiger charge is 2.29. The van der Waals surface area contributed by atoms with E-state index in [1.807, 2.05) is 0 Å². The van der Waals surface area contributed by atoms with Gasteiger partial charge in [-0.3, -0.25) is 10.1 Å². The number of alkyl halides is 3. The third kappa shape index (κ3) is 3.67. The number of aromatic nitrogens is 2. The van der Waals surface area contributed by atoms with Crippen LogP contribution in [0.2, 0.25) is 10.0 Å². The predicted molar refractivity (Wildman–Crippen MR) is 83.6 cm³/mol. The van der Waals surface area contributed by atoms with Gasteiger partial charge in [-0.1, -0.05) is 64.1 Å². The largest absolute Gasteiger partial charge is 0.296 e. The zero-order valence-corrected chi connectivity index (χ0v) is 13.9. The maximum Gasteiger partial charge on any atom is 0.260 e. The Kier molecular flexibility index (Phi) is 5.00.